The van der Waals surface area contributed by atoms with Crippen LogP contribution in [0.4, 0.5) is 4.39 Å². The highest BCUT2D eigenvalue weighted by atomic mass is 19.1. The first kappa shape index (κ1) is 12.1. The molecule has 1 amide bonds. The van der Waals surface area contributed by atoms with E-state index in [0.717, 1.165) is 6.42 Å². The molecule has 0 fully saturated rings. The number of hydrogen-bond acceptors (Lipinski definition) is 2. The topological polar surface area (TPSA) is 55.1 Å². The highest BCUT2D eigenvalue weighted by Gasteiger charge is 1.96. The third-order valence-electron chi connectivity index (χ3n) is 1.46. The van der Waals surface area contributed by atoms with Gasteiger partial charge in [-0.05, 0) is 6.42 Å². The van der Waals surface area contributed by atoms with Gasteiger partial charge in [-0.3, -0.25) is 4.79 Å². The molecule has 0 aromatic carbocycles. The maximum atomic E-state index is 11.8. The van der Waals surface area contributed by atoms with Gasteiger partial charge in [-0.1, -0.05) is 19.1 Å². The smallest absolute Gasteiger partial charge is 0.220 e. The second-order valence-electron chi connectivity index (χ2n) is 2.80. The van der Waals surface area contributed by atoms with Gasteiger partial charge in [-0.2, -0.15) is 0 Å². The van der Waals surface area contributed by atoms with E-state index in [-0.39, 0.29) is 5.91 Å². The standard InChI is InChI=1S/C9H17FN2O/c1-2-4-9(13)12-6-3-5-8(11)7-10/h3,5,8H,2,4,6-7,11H2,1H3,(H,12,13). The molecule has 4 heteroatoms. The number of alkyl halides is 1. The Morgan fingerprint density at radius 3 is 2.92 bits per heavy atom. The summed E-state index contributed by atoms with van der Waals surface area (Å²) in [7, 11) is 0. The van der Waals surface area contributed by atoms with E-state index in [4.69, 9.17) is 5.73 Å². The van der Waals surface area contributed by atoms with Crippen molar-refractivity contribution in [3.05, 3.63) is 12.2 Å². The summed E-state index contributed by atoms with van der Waals surface area (Å²) in [5.41, 5.74) is 5.27. The number of amides is 1. The van der Waals surface area contributed by atoms with E-state index in [0.29, 0.717) is 13.0 Å². The lowest BCUT2D eigenvalue weighted by Crippen LogP contribution is -2.24. The number of halogens is 1. The highest BCUT2D eigenvalue weighted by molar-refractivity contribution is 5.75. The molecule has 0 aliphatic carbocycles. The molecule has 0 saturated carbocycles. The van der Waals surface area contributed by atoms with Crippen molar-refractivity contribution in [3.63, 3.8) is 0 Å². The molecule has 0 aromatic heterocycles. The van der Waals surface area contributed by atoms with Crippen LogP contribution in [-0.2, 0) is 4.79 Å². The SMILES string of the molecule is CCCC(=O)NCC=CC(N)CF. The van der Waals surface area contributed by atoms with Crippen molar-refractivity contribution >= 4 is 5.91 Å². The Kier molecular flexibility index (Phi) is 7.20. The zero-order chi connectivity index (χ0) is 10.1. The van der Waals surface area contributed by atoms with Gasteiger partial charge >= 0.3 is 0 Å². The molecule has 13 heavy (non-hydrogen) atoms. The van der Waals surface area contributed by atoms with Gasteiger partial charge in [0, 0.05) is 13.0 Å². The third-order valence-corrected chi connectivity index (χ3v) is 1.46. The summed E-state index contributed by atoms with van der Waals surface area (Å²) in [5.74, 6) is 0.0148. The van der Waals surface area contributed by atoms with Crippen molar-refractivity contribution in [2.45, 2.75) is 25.8 Å². The van der Waals surface area contributed by atoms with E-state index < -0.39 is 12.7 Å². The van der Waals surface area contributed by atoms with E-state index in [2.05, 4.69) is 5.32 Å². The minimum Gasteiger partial charge on any atom is -0.353 e. The number of nitrogens with one attached hydrogen (secondary N) is 1. The van der Waals surface area contributed by atoms with Crippen LogP contribution in [-0.4, -0.2) is 25.2 Å². The Morgan fingerprint density at radius 2 is 2.38 bits per heavy atom. The summed E-state index contributed by atoms with van der Waals surface area (Å²) in [4.78, 5) is 10.9. The summed E-state index contributed by atoms with van der Waals surface area (Å²) < 4.78 is 11.8. The Hall–Kier alpha value is -0.900. The van der Waals surface area contributed by atoms with Crippen molar-refractivity contribution in [3.8, 4) is 0 Å². The fraction of sp³-hybridized carbons (Fsp3) is 0.667. The quantitative estimate of drug-likeness (QED) is 0.604. The summed E-state index contributed by atoms with van der Waals surface area (Å²) in [6, 6.07) is -0.553. The average Bonchev–Trinajstić information content (AvgIpc) is 2.12. The molecule has 0 rings (SSSR count). The van der Waals surface area contributed by atoms with Gasteiger partial charge in [0.2, 0.25) is 5.91 Å². The molecule has 1 atom stereocenters. The molecular weight excluding hydrogens is 171 g/mol. The van der Waals surface area contributed by atoms with Crippen LogP contribution in [0.5, 0.6) is 0 Å². The van der Waals surface area contributed by atoms with Crippen molar-refractivity contribution < 1.29 is 9.18 Å². The number of nitrogens with two attached hydrogens (primary N) is 1. The maximum absolute atomic E-state index is 11.8. The van der Waals surface area contributed by atoms with Crippen molar-refractivity contribution in [2.75, 3.05) is 13.2 Å². The first-order valence-electron chi connectivity index (χ1n) is 4.45. The molecule has 0 bridgehead atoms. The van der Waals surface area contributed by atoms with Gasteiger partial charge in [0.25, 0.3) is 0 Å². The highest BCUT2D eigenvalue weighted by Crippen LogP contribution is 1.86. The molecule has 0 saturated heterocycles. The zero-order valence-corrected chi connectivity index (χ0v) is 7.92. The molecule has 0 spiro atoms. The van der Waals surface area contributed by atoms with E-state index in [9.17, 15) is 9.18 Å². The largest absolute Gasteiger partial charge is 0.353 e. The third kappa shape index (κ3) is 7.46. The van der Waals surface area contributed by atoms with Crippen LogP contribution >= 0.6 is 0 Å². The molecule has 3 nitrogen and oxygen atoms in total. The first-order chi connectivity index (χ1) is 6.20. The molecule has 0 aliphatic heterocycles. The molecule has 0 radical (unpaired) electrons. The van der Waals surface area contributed by atoms with Crippen LogP contribution in [0.1, 0.15) is 19.8 Å². The molecule has 0 aromatic rings. The van der Waals surface area contributed by atoms with E-state index in [1.807, 2.05) is 6.92 Å². The Labute approximate surface area is 78.2 Å². The Balaban J connectivity index is 3.43. The monoisotopic (exact) mass is 188 g/mol. The van der Waals surface area contributed by atoms with Gasteiger partial charge in [0.15, 0.2) is 0 Å². The normalized spacial score (nSPS) is 13.2. The van der Waals surface area contributed by atoms with Gasteiger partial charge in [0.1, 0.15) is 6.67 Å². The Bertz CT molecular complexity index is 171. The lowest BCUT2D eigenvalue weighted by Gasteiger charge is -2.00. The van der Waals surface area contributed by atoms with Gasteiger partial charge < -0.3 is 11.1 Å². The molecule has 0 heterocycles. The number of carbonyl (C=O) groups excluding carboxylic acids is 1. The van der Waals surface area contributed by atoms with Gasteiger partial charge in [-0.25, -0.2) is 4.39 Å². The van der Waals surface area contributed by atoms with E-state index >= 15 is 0 Å². The van der Waals surface area contributed by atoms with Gasteiger partial charge in [0.05, 0.1) is 6.04 Å². The second-order valence-corrected chi connectivity index (χ2v) is 2.80. The zero-order valence-electron chi connectivity index (χ0n) is 7.92. The molecular formula is C9H17FN2O. The van der Waals surface area contributed by atoms with Crippen LogP contribution in [0.2, 0.25) is 0 Å². The number of carbonyl (C=O) groups is 1. The minimum atomic E-state index is -0.570. The summed E-state index contributed by atoms with van der Waals surface area (Å²) in [6.07, 6.45) is 4.58. The molecule has 3 N–H and O–H groups in total. The molecule has 0 aliphatic rings. The van der Waals surface area contributed by atoms with Crippen LogP contribution in [0, 0.1) is 0 Å². The van der Waals surface area contributed by atoms with Gasteiger partial charge in [-0.15, -0.1) is 0 Å². The fourth-order valence-corrected chi connectivity index (χ4v) is 0.782. The van der Waals surface area contributed by atoms with Crippen LogP contribution in [0.15, 0.2) is 12.2 Å². The lowest BCUT2D eigenvalue weighted by molar-refractivity contribution is -0.120. The van der Waals surface area contributed by atoms with Crippen LogP contribution < -0.4 is 11.1 Å². The number of hydrogen-bond donors (Lipinski definition) is 2. The lowest BCUT2D eigenvalue weighted by atomic mass is 10.3. The maximum Gasteiger partial charge on any atom is 0.220 e. The minimum absolute atomic E-state index is 0.0148. The van der Waals surface area contributed by atoms with E-state index in [1.54, 1.807) is 12.2 Å². The molecule has 1 unspecified atom stereocenters. The first-order valence-corrected chi connectivity index (χ1v) is 4.45. The van der Waals surface area contributed by atoms with Crippen LogP contribution in [0.3, 0.4) is 0 Å². The van der Waals surface area contributed by atoms with Crippen molar-refractivity contribution in [1.82, 2.24) is 5.32 Å². The Morgan fingerprint density at radius 1 is 1.69 bits per heavy atom. The summed E-state index contributed by atoms with van der Waals surface area (Å²) >= 11 is 0. The predicted molar refractivity (Wildman–Crippen MR) is 51.0 cm³/mol. The van der Waals surface area contributed by atoms with E-state index in [1.165, 1.54) is 0 Å². The van der Waals surface area contributed by atoms with Crippen molar-refractivity contribution in [1.29, 1.82) is 0 Å². The summed E-state index contributed by atoms with van der Waals surface area (Å²) in [6.45, 7) is 1.79. The molecule has 76 valence electrons. The predicted octanol–water partition coefficient (Wildman–Crippen LogP) is 0.756. The second kappa shape index (κ2) is 7.73. The average molecular weight is 188 g/mol. The van der Waals surface area contributed by atoms with Crippen LogP contribution in [0.25, 0.3) is 0 Å². The fourth-order valence-electron chi connectivity index (χ4n) is 0.782. The number of rotatable bonds is 6. The van der Waals surface area contributed by atoms with Crippen molar-refractivity contribution in [2.24, 2.45) is 5.73 Å². The summed E-state index contributed by atoms with van der Waals surface area (Å²) in [5, 5.41) is 2.66.